The van der Waals surface area contributed by atoms with Crippen LogP contribution in [0.15, 0.2) is 71.2 Å². The first-order valence-corrected chi connectivity index (χ1v) is 12.1. The Kier molecular flexibility index (Phi) is 7.37. The smallest absolute Gasteiger partial charge is 0.110 e. The summed E-state index contributed by atoms with van der Waals surface area (Å²) in [5.41, 5.74) is 2.67. The van der Waals surface area contributed by atoms with Crippen LogP contribution in [0.2, 0.25) is 5.02 Å². The standard InChI is InChI=1S/C26H27BrClN3O/c1-18(19-5-3-2-4-6-19)26(32)30-13-14-31(24-12-9-22(27)15-21(24)16-29)25(17-30)20-7-10-23(28)11-8-20/h2-5,7-12,15,18-19,25-26,32H,6,13-14,17H2,1H3. The van der Waals surface area contributed by atoms with Gasteiger partial charge in [-0.1, -0.05) is 70.9 Å². The van der Waals surface area contributed by atoms with Crippen LogP contribution in [0.3, 0.4) is 0 Å². The highest BCUT2D eigenvalue weighted by molar-refractivity contribution is 9.10. The predicted octanol–water partition coefficient (Wildman–Crippen LogP) is 5.92. The largest absolute Gasteiger partial charge is 0.378 e. The lowest BCUT2D eigenvalue weighted by molar-refractivity contribution is -0.0550. The van der Waals surface area contributed by atoms with Crippen molar-refractivity contribution in [1.29, 1.82) is 5.26 Å². The second kappa shape index (κ2) is 10.2. The second-order valence-corrected chi connectivity index (χ2v) is 9.87. The first kappa shape index (κ1) is 23.1. The van der Waals surface area contributed by atoms with Gasteiger partial charge in [0.2, 0.25) is 0 Å². The van der Waals surface area contributed by atoms with Crippen LogP contribution in [0.25, 0.3) is 0 Å². The highest BCUT2D eigenvalue weighted by Crippen LogP contribution is 2.36. The molecule has 1 aliphatic carbocycles. The van der Waals surface area contributed by atoms with E-state index >= 15 is 0 Å². The Morgan fingerprint density at radius 3 is 2.62 bits per heavy atom. The van der Waals surface area contributed by atoms with E-state index in [1.807, 2.05) is 42.5 Å². The van der Waals surface area contributed by atoms with Crippen LogP contribution in [0.5, 0.6) is 0 Å². The molecule has 4 rings (SSSR count). The molecule has 4 nitrogen and oxygen atoms in total. The van der Waals surface area contributed by atoms with E-state index in [0.717, 1.165) is 28.7 Å². The third kappa shape index (κ3) is 4.94. The highest BCUT2D eigenvalue weighted by Gasteiger charge is 2.35. The molecule has 2 aliphatic rings. The Balaban J connectivity index is 1.62. The Bertz CT molecular complexity index is 1050. The SMILES string of the molecule is CC(C1C=CC=CC1)C(O)N1CCN(c2ccc(Br)cc2C#N)C(c2ccc(Cl)cc2)C1. The van der Waals surface area contributed by atoms with Crippen LogP contribution in [-0.2, 0) is 0 Å². The van der Waals surface area contributed by atoms with Crippen molar-refractivity contribution >= 4 is 33.2 Å². The first-order chi connectivity index (χ1) is 15.5. The van der Waals surface area contributed by atoms with Gasteiger partial charge in [0, 0.05) is 35.0 Å². The number of hydrogen-bond donors (Lipinski definition) is 1. The second-order valence-electron chi connectivity index (χ2n) is 8.51. The minimum Gasteiger partial charge on any atom is -0.378 e. The third-order valence-electron chi connectivity index (χ3n) is 6.59. The molecule has 0 spiro atoms. The van der Waals surface area contributed by atoms with Crippen LogP contribution in [0, 0.1) is 23.2 Å². The van der Waals surface area contributed by atoms with Crippen molar-refractivity contribution in [2.45, 2.75) is 25.6 Å². The van der Waals surface area contributed by atoms with Gasteiger partial charge in [-0.25, -0.2) is 0 Å². The van der Waals surface area contributed by atoms with E-state index in [2.05, 4.69) is 63.0 Å². The topological polar surface area (TPSA) is 50.5 Å². The zero-order chi connectivity index (χ0) is 22.7. The summed E-state index contributed by atoms with van der Waals surface area (Å²) in [7, 11) is 0. The molecule has 0 radical (unpaired) electrons. The van der Waals surface area contributed by atoms with Crippen molar-refractivity contribution in [3.05, 3.63) is 87.4 Å². The average Bonchev–Trinajstić information content (AvgIpc) is 2.84. The molecule has 4 atom stereocenters. The Morgan fingerprint density at radius 2 is 1.94 bits per heavy atom. The van der Waals surface area contributed by atoms with Crippen molar-refractivity contribution in [3.63, 3.8) is 0 Å². The Labute approximate surface area is 203 Å². The van der Waals surface area contributed by atoms with Crippen LogP contribution >= 0.6 is 27.5 Å². The number of hydrogen-bond acceptors (Lipinski definition) is 4. The number of allylic oxidation sites excluding steroid dienone is 4. The van der Waals surface area contributed by atoms with Gasteiger partial charge in [-0.15, -0.1) is 0 Å². The van der Waals surface area contributed by atoms with Gasteiger partial charge in [-0.3, -0.25) is 4.90 Å². The lowest BCUT2D eigenvalue weighted by Gasteiger charge is -2.46. The number of anilines is 1. The molecule has 0 bridgehead atoms. The van der Waals surface area contributed by atoms with Gasteiger partial charge in [0.05, 0.1) is 17.3 Å². The maximum absolute atomic E-state index is 11.3. The molecule has 4 unspecified atom stereocenters. The Morgan fingerprint density at radius 1 is 1.16 bits per heavy atom. The van der Waals surface area contributed by atoms with Crippen molar-refractivity contribution in [2.24, 2.45) is 11.8 Å². The summed E-state index contributed by atoms with van der Waals surface area (Å²) in [5, 5.41) is 21.7. The molecule has 1 N–H and O–H groups in total. The fourth-order valence-electron chi connectivity index (χ4n) is 4.69. The van der Waals surface area contributed by atoms with Gasteiger partial charge in [0.25, 0.3) is 0 Å². The summed E-state index contributed by atoms with van der Waals surface area (Å²) >= 11 is 9.63. The number of piperazine rings is 1. The molecule has 1 aliphatic heterocycles. The molecule has 6 heteroatoms. The van der Waals surface area contributed by atoms with Crippen molar-refractivity contribution < 1.29 is 5.11 Å². The Hall–Kier alpha value is -2.10. The predicted molar refractivity (Wildman–Crippen MR) is 134 cm³/mol. The molecular formula is C26H27BrClN3O. The van der Waals surface area contributed by atoms with Crippen molar-refractivity contribution in [2.75, 3.05) is 24.5 Å². The third-order valence-corrected chi connectivity index (χ3v) is 7.33. The molecule has 2 aromatic rings. The van der Waals surface area contributed by atoms with E-state index in [4.69, 9.17) is 11.6 Å². The van der Waals surface area contributed by atoms with Gasteiger partial charge < -0.3 is 10.0 Å². The van der Waals surface area contributed by atoms with E-state index in [1.54, 1.807) is 0 Å². The minimum absolute atomic E-state index is 0.00191. The number of aliphatic hydroxyl groups excluding tert-OH is 1. The zero-order valence-corrected chi connectivity index (χ0v) is 20.4. The summed E-state index contributed by atoms with van der Waals surface area (Å²) in [6.07, 6.45) is 8.92. The molecule has 0 amide bonds. The molecule has 1 fully saturated rings. The van der Waals surface area contributed by atoms with E-state index in [1.165, 1.54) is 0 Å². The molecule has 0 aromatic heterocycles. The van der Waals surface area contributed by atoms with Gasteiger partial charge in [-0.2, -0.15) is 5.26 Å². The molecular weight excluding hydrogens is 486 g/mol. The van der Waals surface area contributed by atoms with E-state index in [9.17, 15) is 10.4 Å². The van der Waals surface area contributed by atoms with Gasteiger partial charge in [-0.05, 0) is 48.2 Å². The van der Waals surface area contributed by atoms with E-state index in [-0.39, 0.29) is 12.0 Å². The monoisotopic (exact) mass is 511 g/mol. The van der Waals surface area contributed by atoms with Crippen LogP contribution in [-0.4, -0.2) is 35.9 Å². The highest BCUT2D eigenvalue weighted by atomic mass is 79.9. The number of halogens is 2. The summed E-state index contributed by atoms with van der Waals surface area (Å²) in [6.45, 7) is 4.24. The van der Waals surface area contributed by atoms with E-state index in [0.29, 0.717) is 29.6 Å². The first-order valence-electron chi connectivity index (χ1n) is 10.9. The molecule has 0 saturated carbocycles. The molecule has 1 saturated heterocycles. The minimum atomic E-state index is -0.534. The maximum atomic E-state index is 11.3. The number of nitrogens with zero attached hydrogens (tertiary/aromatic N) is 3. The maximum Gasteiger partial charge on any atom is 0.110 e. The van der Waals surface area contributed by atoms with Crippen LogP contribution in [0.4, 0.5) is 5.69 Å². The van der Waals surface area contributed by atoms with Crippen LogP contribution < -0.4 is 4.90 Å². The van der Waals surface area contributed by atoms with Crippen LogP contribution in [0.1, 0.15) is 30.5 Å². The summed E-state index contributed by atoms with van der Waals surface area (Å²) in [4.78, 5) is 4.46. The van der Waals surface area contributed by atoms with E-state index < -0.39 is 6.23 Å². The summed E-state index contributed by atoms with van der Waals surface area (Å²) in [6, 6.07) is 16.1. The summed E-state index contributed by atoms with van der Waals surface area (Å²) < 4.78 is 0.887. The number of benzene rings is 2. The summed E-state index contributed by atoms with van der Waals surface area (Å²) in [5.74, 6) is 0.453. The fraction of sp³-hybridized carbons (Fsp3) is 0.346. The molecule has 32 heavy (non-hydrogen) atoms. The lowest BCUT2D eigenvalue weighted by atomic mass is 9.86. The number of nitriles is 1. The van der Waals surface area contributed by atoms with Crippen molar-refractivity contribution in [1.82, 2.24) is 4.90 Å². The lowest BCUT2D eigenvalue weighted by Crippen LogP contribution is -2.54. The number of aliphatic hydroxyl groups is 1. The van der Waals surface area contributed by atoms with Crippen molar-refractivity contribution in [3.8, 4) is 6.07 Å². The zero-order valence-electron chi connectivity index (χ0n) is 18.0. The molecule has 166 valence electrons. The normalized spacial score (nSPS) is 23.0. The van der Waals surface area contributed by atoms with Gasteiger partial charge >= 0.3 is 0 Å². The quantitative estimate of drug-likeness (QED) is 0.540. The van der Waals surface area contributed by atoms with Gasteiger partial charge in [0.15, 0.2) is 0 Å². The molecule has 2 aromatic carbocycles. The number of rotatable bonds is 5. The average molecular weight is 513 g/mol. The van der Waals surface area contributed by atoms with Gasteiger partial charge in [0.1, 0.15) is 12.3 Å². The molecule has 1 heterocycles. The fourth-order valence-corrected chi connectivity index (χ4v) is 5.18.